The Bertz CT molecular complexity index is 1200. The Balaban J connectivity index is 1.81. The fraction of sp³-hybridized carbons (Fsp3) is 0.500. The molecular formula is C28H39N2O11P. The number of carbonyl (C=O) groups excluding carboxylic acids is 2. The number of benzene rings is 2. The summed E-state index contributed by atoms with van der Waals surface area (Å²) in [6, 6.07) is 12.8. The van der Waals surface area contributed by atoms with Gasteiger partial charge in [-0.15, -0.1) is 0 Å². The average Bonchev–Trinajstić information content (AvgIpc) is 2.98. The van der Waals surface area contributed by atoms with E-state index >= 15 is 0 Å². The minimum absolute atomic E-state index is 0.00781. The standard InChI is InChI=1S/C28H39N2O11P/c1-5-17(2)23(27(34)38-15-19-9-7-6-8-10-19)30-42(36,41-21-13-11-20(37-4)12-14-21)39-16-22-25(32)26(33)24(28(35)40-22)29-18(3)31/h6-14,17,22-26,28,32-33,35H,5,15-16H2,1-4H3,(H,29,31)(H,30,36)/t17-,22+,23-,24+,25+,26+,28?,42?/m0/s1. The molecule has 232 valence electrons. The zero-order chi connectivity index (χ0) is 30.9. The summed E-state index contributed by atoms with van der Waals surface area (Å²) >= 11 is 0. The summed E-state index contributed by atoms with van der Waals surface area (Å²) in [5.41, 5.74) is 0.765. The zero-order valence-electron chi connectivity index (χ0n) is 23.9. The van der Waals surface area contributed by atoms with Crippen LogP contribution < -0.4 is 19.7 Å². The molecule has 0 aliphatic carbocycles. The number of nitrogens with one attached hydrogen (secondary N) is 2. The van der Waals surface area contributed by atoms with Crippen LogP contribution in [0.15, 0.2) is 54.6 Å². The number of carbonyl (C=O) groups is 2. The Hall–Kier alpha value is -3.03. The quantitative estimate of drug-likeness (QED) is 0.155. The van der Waals surface area contributed by atoms with E-state index in [1.165, 1.54) is 26.2 Å². The number of aliphatic hydroxyl groups is 3. The molecule has 1 aliphatic heterocycles. The minimum Gasteiger partial charge on any atom is -0.497 e. The fourth-order valence-electron chi connectivity index (χ4n) is 4.15. The first-order valence-corrected chi connectivity index (χ1v) is 15.0. The number of hydrogen-bond donors (Lipinski definition) is 5. The summed E-state index contributed by atoms with van der Waals surface area (Å²) in [5.74, 6) is -0.983. The van der Waals surface area contributed by atoms with Crippen molar-refractivity contribution in [2.45, 2.75) is 70.5 Å². The molecule has 0 saturated carbocycles. The monoisotopic (exact) mass is 610 g/mol. The third-order valence-corrected chi connectivity index (χ3v) is 8.31. The second-order valence-corrected chi connectivity index (χ2v) is 11.6. The van der Waals surface area contributed by atoms with Crippen LogP contribution in [0.1, 0.15) is 32.8 Å². The van der Waals surface area contributed by atoms with E-state index in [-0.39, 0.29) is 18.3 Å². The Kier molecular flexibility index (Phi) is 12.3. The van der Waals surface area contributed by atoms with E-state index < -0.39 is 62.9 Å². The van der Waals surface area contributed by atoms with Crippen LogP contribution in [0.25, 0.3) is 0 Å². The number of rotatable bonds is 14. The van der Waals surface area contributed by atoms with Gasteiger partial charge in [0, 0.05) is 6.92 Å². The normalized spacial score (nSPS) is 25.0. The topological polar surface area (TPSA) is 182 Å². The van der Waals surface area contributed by atoms with E-state index in [9.17, 15) is 29.5 Å². The highest BCUT2D eigenvalue weighted by Crippen LogP contribution is 2.46. The first-order valence-electron chi connectivity index (χ1n) is 13.5. The summed E-state index contributed by atoms with van der Waals surface area (Å²) in [7, 11) is -2.94. The highest BCUT2D eigenvalue weighted by atomic mass is 31.2. The number of methoxy groups -OCH3 is 1. The molecule has 2 aromatic carbocycles. The van der Waals surface area contributed by atoms with Crippen molar-refractivity contribution in [3.05, 3.63) is 60.2 Å². The van der Waals surface area contributed by atoms with Gasteiger partial charge < -0.3 is 39.4 Å². The lowest BCUT2D eigenvalue weighted by molar-refractivity contribution is -0.252. The van der Waals surface area contributed by atoms with E-state index in [2.05, 4.69) is 10.4 Å². The maximum atomic E-state index is 14.2. The van der Waals surface area contributed by atoms with E-state index in [1.807, 2.05) is 25.1 Å². The first kappa shape index (κ1) is 33.5. The van der Waals surface area contributed by atoms with Crippen LogP contribution in [0, 0.1) is 5.92 Å². The van der Waals surface area contributed by atoms with Crippen LogP contribution in [-0.4, -0.2) is 77.6 Å². The number of esters is 1. The van der Waals surface area contributed by atoms with Gasteiger partial charge in [0.25, 0.3) is 0 Å². The molecule has 1 aliphatic rings. The van der Waals surface area contributed by atoms with Gasteiger partial charge in [-0.3, -0.25) is 14.1 Å². The molecule has 42 heavy (non-hydrogen) atoms. The van der Waals surface area contributed by atoms with Crippen molar-refractivity contribution in [1.29, 1.82) is 0 Å². The largest absolute Gasteiger partial charge is 0.497 e. The second-order valence-electron chi connectivity index (χ2n) is 9.92. The molecule has 0 bridgehead atoms. The molecule has 0 radical (unpaired) electrons. The van der Waals surface area contributed by atoms with Gasteiger partial charge in [0.1, 0.15) is 48.5 Å². The van der Waals surface area contributed by atoms with Gasteiger partial charge >= 0.3 is 13.7 Å². The number of ether oxygens (including phenoxy) is 3. The van der Waals surface area contributed by atoms with Crippen molar-refractivity contribution >= 4 is 19.6 Å². The summed E-state index contributed by atoms with van der Waals surface area (Å²) < 4.78 is 41.5. The second kappa shape index (κ2) is 15.4. The third-order valence-electron chi connectivity index (χ3n) is 6.77. The van der Waals surface area contributed by atoms with E-state index in [0.717, 1.165) is 5.56 Å². The van der Waals surface area contributed by atoms with E-state index in [4.69, 9.17) is 23.3 Å². The van der Waals surface area contributed by atoms with Crippen LogP contribution in [0.4, 0.5) is 0 Å². The Labute approximate surface area is 244 Å². The van der Waals surface area contributed by atoms with E-state index in [0.29, 0.717) is 12.2 Å². The van der Waals surface area contributed by atoms with E-state index in [1.54, 1.807) is 31.2 Å². The van der Waals surface area contributed by atoms with Gasteiger partial charge in [0.2, 0.25) is 5.91 Å². The maximum Gasteiger partial charge on any atom is 0.459 e. The Morgan fingerprint density at radius 3 is 2.26 bits per heavy atom. The predicted octanol–water partition coefficient (Wildman–Crippen LogP) is 1.89. The molecule has 2 aromatic rings. The zero-order valence-corrected chi connectivity index (χ0v) is 24.8. The van der Waals surface area contributed by atoms with Crippen molar-refractivity contribution < 1.29 is 52.7 Å². The van der Waals surface area contributed by atoms with Gasteiger partial charge in [0.05, 0.1) is 13.7 Å². The first-order chi connectivity index (χ1) is 20.0. The highest BCUT2D eigenvalue weighted by molar-refractivity contribution is 7.52. The average molecular weight is 611 g/mol. The van der Waals surface area contributed by atoms with Crippen LogP contribution in [0.5, 0.6) is 11.5 Å². The van der Waals surface area contributed by atoms with Crippen molar-refractivity contribution in [3.63, 3.8) is 0 Å². The molecule has 3 rings (SSSR count). The van der Waals surface area contributed by atoms with Crippen LogP contribution in [0.3, 0.4) is 0 Å². The summed E-state index contributed by atoms with van der Waals surface area (Å²) in [6.07, 6.45) is -5.82. The maximum absolute atomic E-state index is 14.2. The van der Waals surface area contributed by atoms with Gasteiger partial charge in [-0.25, -0.2) is 4.57 Å². The lowest BCUT2D eigenvalue weighted by Gasteiger charge is -2.41. The Morgan fingerprint density at radius 1 is 1.02 bits per heavy atom. The lowest BCUT2D eigenvalue weighted by Crippen LogP contribution is -2.64. The summed E-state index contributed by atoms with van der Waals surface area (Å²) in [5, 5.41) is 36.4. The Morgan fingerprint density at radius 2 is 1.67 bits per heavy atom. The molecule has 1 saturated heterocycles. The summed E-state index contributed by atoms with van der Waals surface area (Å²) in [6.45, 7) is 4.15. The van der Waals surface area contributed by atoms with Crippen molar-refractivity contribution in [3.8, 4) is 11.5 Å². The van der Waals surface area contributed by atoms with Crippen LogP contribution in [0.2, 0.25) is 0 Å². The molecule has 5 N–H and O–H groups in total. The van der Waals surface area contributed by atoms with Gasteiger partial charge in [0.15, 0.2) is 6.29 Å². The molecule has 8 atom stereocenters. The third kappa shape index (κ3) is 9.23. The lowest BCUT2D eigenvalue weighted by atomic mass is 9.97. The fourth-order valence-corrected chi connectivity index (χ4v) is 5.77. The number of amides is 1. The molecule has 1 fully saturated rings. The molecule has 13 nitrogen and oxygen atoms in total. The van der Waals surface area contributed by atoms with Crippen LogP contribution in [-0.2, 0) is 34.8 Å². The molecule has 2 unspecified atom stereocenters. The molecule has 14 heteroatoms. The predicted molar refractivity (Wildman–Crippen MR) is 150 cm³/mol. The van der Waals surface area contributed by atoms with Crippen LogP contribution >= 0.6 is 7.75 Å². The molecular weight excluding hydrogens is 571 g/mol. The van der Waals surface area contributed by atoms with Gasteiger partial charge in [-0.05, 0) is 35.7 Å². The van der Waals surface area contributed by atoms with Gasteiger partial charge in [-0.2, -0.15) is 5.09 Å². The van der Waals surface area contributed by atoms with Crippen molar-refractivity contribution in [2.24, 2.45) is 5.92 Å². The number of aliphatic hydroxyl groups excluding tert-OH is 3. The molecule has 0 spiro atoms. The smallest absolute Gasteiger partial charge is 0.459 e. The SMILES string of the molecule is CC[C@H](C)[C@H](NP(=O)(OC[C@H]1OC(O)[C@H](NC(C)=O)[C@@H](O)[C@@H]1O)Oc1ccc(OC)cc1)C(=O)OCc1ccccc1. The number of hydrogen-bond acceptors (Lipinski definition) is 11. The molecule has 0 aromatic heterocycles. The highest BCUT2D eigenvalue weighted by Gasteiger charge is 2.46. The van der Waals surface area contributed by atoms with Crippen molar-refractivity contribution in [1.82, 2.24) is 10.4 Å². The molecule has 1 heterocycles. The molecule has 1 amide bonds. The van der Waals surface area contributed by atoms with Gasteiger partial charge in [-0.1, -0.05) is 50.6 Å². The van der Waals surface area contributed by atoms with Crippen molar-refractivity contribution in [2.75, 3.05) is 13.7 Å². The minimum atomic E-state index is -4.42. The summed E-state index contributed by atoms with van der Waals surface area (Å²) in [4.78, 5) is 24.6.